The molecule has 2 aromatic heterocycles. The van der Waals surface area contributed by atoms with Crippen molar-refractivity contribution in [2.45, 2.75) is 0 Å². The number of hydrogen-bond donors (Lipinski definition) is 1. The van der Waals surface area contributed by atoms with Crippen molar-refractivity contribution in [2.24, 2.45) is 0 Å². The lowest BCUT2D eigenvalue weighted by Gasteiger charge is -2.15. The first kappa shape index (κ1) is 21.2. The van der Waals surface area contributed by atoms with Crippen molar-refractivity contribution in [3.63, 3.8) is 0 Å². The van der Waals surface area contributed by atoms with E-state index in [0.29, 0.717) is 39.0 Å². The molecule has 0 radical (unpaired) electrons. The zero-order valence-electron chi connectivity index (χ0n) is 17.5. The second-order valence-corrected chi connectivity index (χ2v) is 7.26. The number of methoxy groups -OCH3 is 2. The van der Waals surface area contributed by atoms with Crippen molar-refractivity contribution in [1.82, 2.24) is 9.97 Å². The molecule has 2 aromatic carbocycles. The quantitative estimate of drug-likeness (QED) is 0.389. The third kappa shape index (κ3) is 4.34. The van der Waals surface area contributed by atoms with Crippen LogP contribution in [0.1, 0.15) is 16.7 Å². The van der Waals surface area contributed by atoms with Crippen molar-refractivity contribution in [3.05, 3.63) is 82.8 Å². The maximum absolute atomic E-state index is 9.68. The summed E-state index contributed by atoms with van der Waals surface area (Å²) in [5.41, 5.74) is 4.19. The Kier molecular flexibility index (Phi) is 6.20. The van der Waals surface area contributed by atoms with Gasteiger partial charge >= 0.3 is 0 Å². The largest absolute Gasteiger partial charge is 0.497 e. The van der Waals surface area contributed by atoms with Gasteiger partial charge in [-0.2, -0.15) is 5.26 Å². The fraction of sp³-hybridized carbons (Fsp3) is 0.0800. The van der Waals surface area contributed by atoms with Crippen LogP contribution in [0.4, 0.5) is 11.4 Å². The minimum atomic E-state index is 0.388. The summed E-state index contributed by atoms with van der Waals surface area (Å²) in [6.45, 7) is 0. The molecule has 4 rings (SSSR count). The van der Waals surface area contributed by atoms with E-state index in [1.165, 1.54) is 0 Å². The van der Waals surface area contributed by atoms with Gasteiger partial charge in [-0.15, -0.1) is 0 Å². The van der Waals surface area contributed by atoms with E-state index in [1.54, 1.807) is 51.0 Å². The van der Waals surface area contributed by atoms with Crippen LogP contribution in [0, 0.1) is 11.3 Å². The van der Waals surface area contributed by atoms with E-state index < -0.39 is 0 Å². The number of halogens is 1. The number of fused-ring (bicyclic) bond motifs is 1. The zero-order chi connectivity index (χ0) is 22.5. The first-order valence-electron chi connectivity index (χ1n) is 9.72. The number of anilines is 2. The normalized spacial score (nSPS) is 10.8. The Hall–Kier alpha value is -4.08. The standard InChI is InChI=1S/C25H19ClN4O2/c1-31-19-5-6-21(26)23(12-19)30-25-18(14-27)15-29-22-11-17(24(32-2)13-20(22)25)4-3-16-7-9-28-10-8-16/h3-13,15H,1-2H3,(H,29,30). The van der Waals surface area contributed by atoms with Gasteiger partial charge in [0.2, 0.25) is 0 Å². The van der Waals surface area contributed by atoms with Gasteiger partial charge in [-0.05, 0) is 42.0 Å². The fourth-order valence-electron chi connectivity index (χ4n) is 3.28. The summed E-state index contributed by atoms with van der Waals surface area (Å²) in [5.74, 6) is 1.30. The Balaban J connectivity index is 1.83. The average Bonchev–Trinajstić information content (AvgIpc) is 2.84. The summed E-state index contributed by atoms with van der Waals surface area (Å²) < 4.78 is 10.9. The summed E-state index contributed by atoms with van der Waals surface area (Å²) in [6, 6.07) is 15.1. The van der Waals surface area contributed by atoms with Gasteiger partial charge in [-0.3, -0.25) is 9.97 Å². The summed E-state index contributed by atoms with van der Waals surface area (Å²) in [5, 5.41) is 14.2. The maximum Gasteiger partial charge on any atom is 0.126 e. The molecule has 6 nitrogen and oxygen atoms in total. The van der Waals surface area contributed by atoms with E-state index in [-0.39, 0.29) is 0 Å². The second kappa shape index (κ2) is 9.38. The van der Waals surface area contributed by atoms with Crippen LogP contribution in [-0.4, -0.2) is 24.2 Å². The lowest BCUT2D eigenvalue weighted by molar-refractivity contribution is 0.414. The van der Waals surface area contributed by atoms with Crippen molar-refractivity contribution in [3.8, 4) is 17.6 Å². The Morgan fingerprint density at radius 3 is 2.56 bits per heavy atom. The summed E-state index contributed by atoms with van der Waals surface area (Å²) in [6.07, 6.45) is 8.96. The van der Waals surface area contributed by atoms with Gasteiger partial charge in [0.1, 0.15) is 17.6 Å². The van der Waals surface area contributed by atoms with Crippen molar-refractivity contribution in [2.75, 3.05) is 19.5 Å². The molecule has 0 fully saturated rings. The fourth-order valence-corrected chi connectivity index (χ4v) is 3.45. The molecule has 32 heavy (non-hydrogen) atoms. The Morgan fingerprint density at radius 2 is 1.84 bits per heavy atom. The Bertz CT molecular complexity index is 1350. The van der Waals surface area contributed by atoms with E-state index in [0.717, 1.165) is 16.5 Å². The predicted molar refractivity (Wildman–Crippen MR) is 127 cm³/mol. The molecule has 7 heteroatoms. The number of pyridine rings is 2. The lowest BCUT2D eigenvalue weighted by atomic mass is 10.0. The molecule has 0 amide bonds. The van der Waals surface area contributed by atoms with Crippen LogP contribution in [0.3, 0.4) is 0 Å². The lowest BCUT2D eigenvalue weighted by Crippen LogP contribution is -1.99. The molecule has 0 bridgehead atoms. The smallest absolute Gasteiger partial charge is 0.126 e. The van der Waals surface area contributed by atoms with Gasteiger partial charge in [0.15, 0.2) is 0 Å². The highest BCUT2D eigenvalue weighted by atomic mass is 35.5. The molecule has 0 saturated carbocycles. The van der Waals surface area contributed by atoms with E-state index in [2.05, 4.69) is 21.4 Å². The minimum absolute atomic E-state index is 0.388. The zero-order valence-corrected chi connectivity index (χ0v) is 18.2. The van der Waals surface area contributed by atoms with Crippen LogP contribution in [0.15, 0.2) is 61.1 Å². The molecule has 4 aromatic rings. The van der Waals surface area contributed by atoms with Crippen LogP contribution in [-0.2, 0) is 0 Å². The van der Waals surface area contributed by atoms with Crippen LogP contribution >= 0.6 is 11.6 Å². The molecule has 0 atom stereocenters. The molecular formula is C25H19ClN4O2. The Labute approximate surface area is 190 Å². The van der Waals surface area contributed by atoms with Gasteiger partial charge in [-0.25, -0.2) is 0 Å². The van der Waals surface area contributed by atoms with E-state index >= 15 is 0 Å². The molecule has 0 unspecified atom stereocenters. The van der Waals surface area contributed by atoms with Crippen molar-refractivity contribution >= 4 is 46.0 Å². The molecule has 0 spiro atoms. The van der Waals surface area contributed by atoms with Crippen molar-refractivity contribution < 1.29 is 9.47 Å². The summed E-state index contributed by atoms with van der Waals surface area (Å²) >= 11 is 6.38. The first-order chi connectivity index (χ1) is 15.6. The van der Waals surface area contributed by atoms with Gasteiger partial charge in [0, 0.05) is 35.6 Å². The van der Waals surface area contributed by atoms with E-state index in [4.69, 9.17) is 21.1 Å². The number of nitrogens with one attached hydrogen (secondary N) is 1. The van der Waals surface area contributed by atoms with Gasteiger partial charge in [-0.1, -0.05) is 23.8 Å². The number of nitrogens with zero attached hydrogens (tertiary/aromatic N) is 3. The maximum atomic E-state index is 9.68. The topological polar surface area (TPSA) is 80.1 Å². The summed E-state index contributed by atoms with van der Waals surface area (Å²) in [4.78, 5) is 8.52. The van der Waals surface area contributed by atoms with Gasteiger partial charge in [0.05, 0.1) is 41.7 Å². The number of nitriles is 1. The Morgan fingerprint density at radius 1 is 1.03 bits per heavy atom. The number of ether oxygens (including phenoxy) is 2. The molecule has 0 aliphatic carbocycles. The highest BCUT2D eigenvalue weighted by Crippen LogP contribution is 2.36. The van der Waals surface area contributed by atoms with E-state index in [1.807, 2.05) is 36.4 Å². The van der Waals surface area contributed by atoms with Crippen LogP contribution < -0.4 is 14.8 Å². The predicted octanol–water partition coefficient (Wildman–Crippen LogP) is 6.09. The van der Waals surface area contributed by atoms with E-state index in [9.17, 15) is 5.26 Å². The molecule has 0 saturated heterocycles. The van der Waals surface area contributed by atoms with Gasteiger partial charge in [0.25, 0.3) is 0 Å². The third-order valence-corrected chi connectivity index (χ3v) is 5.26. The van der Waals surface area contributed by atoms with Crippen LogP contribution in [0.2, 0.25) is 5.02 Å². The van der Waals surface area contributed by atoms with Gasteiger partial charge < -0.3 is 14.8 Å². The number of benzene rings is 2. The molecule has 158 valence electrons. The van der Waals surface area contributed by atoms with Crippen LogP contribution in [0.5, 0.6) is 11.5 Å². The van der Waals surface area contributed by atoms with Crippen LogP contribution in [0.25, 0.3) is 23.1 Å². The monoisotopic (exact) mass is 442 g/mol. The molecule has 0 aliphatic rings. The third-order valence-electron chi connectivity index (χ3n) is 4.93. The van der Waals surface area contributed by atoms with Crippen molar-refractivity contribution in [1.29, 1.82) is 5.26 Å². The second-order valence-electron chi connectivity index (χ2n) is 6.85. The molecule has 1 N–H and O–H groups in total. The minimum Gasteiger partial charge on any atom is -0.497 e. The highest BCUT2D eigenvalue weighted by Gasteiger charge is 2.14. The average molecular weight is 443 g/mol. The molecule has 2 heterocycles. The SMILES string of the molecule is COc1ccc(Cl)c(Nc2c(C#N)cnc3cc(C=Cc4ccncc4)c(OC)cc23)c1. The summed E-state index contributed by atoms with van der Waals surface area (Å²) in [7, 11) is 3.19. The number of aromatic nitrogens is 2. The first-order valence-corrected chi connectivity index (χ1v) is 10.1. The number of rotatable bonds is 6. The number of hydrogen-bond acceptors (Lipinski definition) is 6. The molecular weight excluding hydrogens is 424 g/mol. The highest BCUT2D eigenvalue weighted by molar-refractivity contribution is 6.33. The molecule has 0 aliphatic heterocycles.